The molecular formula is C20H18Cl2FN3O2. The normalized spacial score (nSPS) is 16.9. The van der Waals surface area contributed by atoms with Crippen molar-refractivity contribution >= 4 is 34.6 Å². The van der Waals surface area contributed by atoms with Crippen molar-refractivity contribution in [3.8, 4) is 11.1 Å². The zero-order chi connectivity index (χ0) is 20.0. The van der Waals surface area contributed by atoms with Crippen LogP contribution in [-0.2, 0) is 11.3 Å². The van der Waals surface area contributed by atoms with Crippen molar-refractivity contribution in [2.45, 2.75) is 26.1 Å². The largest absolute Gasteiger partial charge is 0.338 e. The Balaban J connectivity index is 1.77. The van der Waals surface area contributed by atoms with Gasteiger partial charge in [0, 0.05) is 30.2 Å². The first-order valence-corrected chi connectivity index (χ1v) is 9.69. The molecule has 0 radical (unpaired) electrons. The molecule has 1 aliphatic heterocycles. The molecule has 3 heterocycles. The number of fused-ring (bicyclic) bond motifs is 1. The van der Waals surface area contributed by atoms with Crippen LogP contribution in [0.1, 0.15) is 12.1 Å². The summed E-state index contributed by atoms with van der Waals surface area (Å²) in [5.74, 6) is -0.256. The van der Waals surface area contributed by atoms with Crippen LogP contribution >= 0.6 is 23.2 Å². The maximum Gasteiger partial charge on any atom is 0.275 e. The summed E-state index contributed by atoms with van der Waals surface area (Å²) in [6.07, 6.45) is 2.81. The van der Waals surface area contributed by atoms with Gasteiger partial charge in [0.05, 0.1) is 16.6 Å². The number of carbonyl (C=O) groups is 1. The molecule has 0 saturated carbocycles. The number of aromatic nitrogens is 2. The second kappa shape index (κ2) is 7.26. The molecule has 3 aromatic rings. The van der Waals surface area contributed by atoms with E-state index in [2.05, 4.69) is 0 Å². The van der Waals surface area contributed by atoms with Gasteiger partial charge in [0.1, 0.15) is 18.2 Å². The molecule has 0 N–H and O–H groups in total. The molecule has 0 aliphatic carbocycles. The van der Waals surface area contributed by atoms with Crippen LogP contribution < -0.4 is 5.56 Å². The molecule has 4 rings (SSSR count). The molecule has 8 heteroatoms. The van der Waals surface area contributed by atoms with Crippen LogP contribution in [0.5, 0.6) is 0 Å². The van der Waals surface area contributed by atoms with Crippen molar-refractivity contribution in [3.63, 3.8) is 0 Å². The smallest absolute Gasteiger partial charge is 0.275 e. The third-order valence-corrected chi connectivity index (χ3v) is 5.83. The van der Waals surface area contributed by atoms with Crippen LogP contribution in [0.2, 0.25) is 10.0 Å². The molecule has 5 nitrogen and oxygen atoms in total. The summed E-state index contributed by atoms with van der Waals surface area (Å²) >= 11 is 12.1. The van der Waals surface area contributed by atoms with Gasteiger partial charge in [-0.15, -0.1) is 0 Å². The monoisotopic (exact) mass is 421 g/mol. The van der Waals surface area contributed by atoms with Crippen molar-refractivity contribution in [2.24, 2.45) is 0 Å². The average Bonchev–Trinajstić information content (AvgIpc) is 3.29. The van der Waals surface area contributed by atoms with E-state index < -0.39 is 6.17 Å². The fourth-order valence-electron chi connectivity index (χ4n) is 3.63. The number of benzene rings is 1. The summed E-state index contributed by atoms with van der Waals surface area (Å²) in [5.41, 5.74) is 2.44. The van der Waals surface area contributed by atoms with Crippen molar-refractivity contribution in [2.75, 3.05) is 13.1 Å². The summed E-state index contributed by atoms with van der Waals surface area (Å²) in [5, 5.41) is 0.835. The van der Waals surface area contributed by atoms with Crippen LogP contribution in [0.15, 0.2) is 41.5 Å². The third kappa shape index (κ3) is 3.31. The molecule has 1 atom stereocenters. The Hall–Kier alpha value is -2.31. The maximum absolute atomic E-state index is 13.4. The minimum absolute atomic E-state index is 0.0917. The maximum atomic E-state index is 13.4. The molecule has 0 bridgehead atoms. The highest BCUT2D eigenvalue weighted by Crippen LogP contribution is 2.30. The molecule has 1 aromatic carbocycles. The van der Waals surface area contributed by atoms with E-state index in [0.29, 0.717) is 34.1 Å². The summed E-state index contributed by atoms with van der Waals surface area (Å²) in [7, 11) is 0. The van der Waals surface area contributed by atoms with Gasteiger partial charge in [0.15, 0.2) is 0 Å². The van der Waals surface area contributed by atoms with Gasteiger partial charge < -0.3 is 13.9 Å². The van der Waals surface area contributed by atoms with E-state index in [0.717, 1.165) is 11.3 Å². The predicted molar refractivity (Wildman–Crippen MR) is 108 cm³/mol. The Morgan fingerprint density at radius 1 is 1.25 bits per heavy atom. The highest BCUT2D eigenvalue weighted by Gasteiger charge is 2.26. The number of nitrogens with zero attached hydrogens (tertiary/aromatic N) is 3. The van der Waals surface area contributed by atoms with E-state index in [-0.39, 0.29) is 24.6 Å². The van der Waals surface area contributed by atoms with Gasteiger partial charge in [-0.2, -0.15) is 0 Å². The molecule has 28 heavy (non-hydrogen) atoms. The number of carbonyl (C=O) groups excluding carboxylic acids is 1. The number of alkyl halides is 1. The van der Waals surface area contributed by atoms with Crippen molar-refractivity contribution in [1.82, 2.24) is 13.9 Å². The van der Waals surface area contributed by atoms with Gasteiger partial charge >= 0.3 is 0 Å². The first-order chi connectivity index (χ1) is 13.3. The molecule has 1 saturated heterocycles. The van der Waals surface area contributed by atoms with Gasteiger partial charge in [-0.3, -0.25) is 9.59 Å². The first-order valence-electron chi connectivity index (χ1n) is 8.93. The van der Waals surface area contributed by atoms with Gasteiger partial charge in [-0.25, -0.2) is 4.39 Å². The average molecular weight is 422 g/mol. The zero-order valence-corrected chi connectivity index (χ0v) is 16.7. The summed E-state index contributed by atoms with van der Waals surface area (Å²) in [6.45, 7) is 2.22. The van der Waals surface area contributed by atoms with E-state index in [1.807, 2.05) is 19.2 Å². The summed E-state index contributed by atoms with van der Waals surface area (Å²) < 4.78 is 16.6. The molecule has 146 valence electrons. The van der Waals surface area contributed by atoms with Crippen molar-refractivity contribution < 1.29 is 9.18 Å². The van der Waals surface area contributed by atoms with Gasteiger partial charge in [-0.1, -0.05) is 29.3 Å². The Morgan fingerprint density at radius 2 is 2.04 bits per heavy atom. The Kier molecular flexibility index (Phi) is 4.93. The number of rotatable bonds is 3. The third-order valence-electron chi connectivity index (χ3n) is 5.09. The number of likely N-dealkylation sites (tertiary alicyclic amines) is 1. The van der Waals surface area contributed by atoms with E-state index in [1.165, 1.54) is 9.47 Å². The number of hydrogen-bond donors (Lipinski definition) is 0. The van der Waals surface area contributed by atoms with Gasteiger partial charge in [-0.05, 0) is 37.1 Å². The highest BCUT2D eigenvalue weighted by atomic mass is 35.5. The van der Waals surface area contributed by atoms with Crippen LogP contribution in [0.4, 0.5) is 4.39 Å². The zero-order valence-electron chi connectivity index (χ0n) is 15.2. The van der Waals surface area contributed by atoms with Crippen molar-refractivity contribution in [3.05, 3.63) is 62.8 Å². The van der Waals surface area contributed by atoms with Crippen LogP contribution in [0.3, 0.4) is 0 Å². The molecule has 0 spiro atoms. The van der Waals surface area contributed by atoms with Gasteiger partial charge in [0.25, 0.3) is 5.56 Å². The van der Waals surface area contributed by atoms with Crippen LogP contribution in [0, 0.1) is 6.92 Å². The van der Waals surface area contributed by atoms with Gasteiger partial charge in [0.2, 0.25) is 5.91 Å². The predicted octanol–water partition coefficient (Wildman–Crippen LogP) is 3.95. The van der Waals surface area contributed by atoms with E-state index in [4.69, 9.17) is 23.2 Å². The number of aryl methyl sites for hydroxylation is 1. The topological polar surface area (TPSA) is 46.7 Å². The molecule has 1 aliphatic rings. The molecule has 1 unspecified atom stereocenters. The Labute approximate surface area is 170 Å². The first kappa shape index (κ1) is 19.0. The number of amides is 1. The lowest BCUT2D eigenvalue weighted by atomic mass is 10.1. The molecular weight excluding hydrogens is 404 g/mol. The van der Waals surface area contributed by atoms with Crippen molar-refractivity contribution in [1.29, 1.82) is 0 Å². The fourth-order valence-corrected chi connectivity index (χ4v) is 3.93. The van der Waals surface area contributed by atoms with E-state index in [1.54, 1.807) is 28.8 Å². The lowest BCUT2D eigenvalue weighted by Gasteiger charge is -2.17. The van der Waals surface area contributed by atoms with Crippen LogP contribution in [-0.4, -0.2) is 39.0 Å². The second-order valence-corrected chi connectivity index (χ2v) is 7.82. The molecule has 2 aromatic heterocycles. The lowest BCUT2D eigenvalue weighted by molar-refractivity contribution is -0.131. The number of hydrogen-bond acceptors (Lipinski definition) is 2. The Bertz CT molecular complexity index is 1140. The van der Waals surface area contributed by atoms with Crippen LogP contribution in [0.25, 0.3) is 16.6 Å². The minimum Gasteiger partial charge on any atom is -0.338 e. The molecule has 1 amide bonds. The summed E-state index contributed by atoms with van der Waals surface area (Å²) in [6, 6.07) is 7.03. The fraction of sp³-hybridized carbons (Fsp3) is 0.300. The highest BCUT2D eigenvalue weighted by molar-refractivity contribution is 6.42. The Morgan fingerprint density at radius 3 is 2.71 bits per heavy atom. The molecule has 1 fully saturated rings. The standard InChI is InChI=1S/C20H18Cl2FN3O2/c1-12-9-25(11-18(27)24-6-4-14(23)10-24)20(28)19-15(5-7-26(12)19)13-2-3-16(21)17(22)8-13/h2-3,5,7-9,14H,4,6,10-11H2,1H3. The summed E-state index contributed by atoms with van der Waals surface area (Å²) in [4.78, 5) is 27.1. The van der Waals surface area contributed by atoms with E-state index >= 15 is 0 Å². The SMILES string of the molecule is Cc1cn(CC(=O)N2CCC(F)C2)c(=O)c2c(-c3ccc(Cl)c(Cl)c3)ccn12. The van der Waals surface area contributed by atoms with E-state index in [9.17, 15) is 14.0 Å². The number of halogens is 3. The second-order valence-electron chi connectivity index (χ2n) is 7.01. The lowest BCUT2D eigenvalue weighted by Crippen LogP contribution is -2.35. The quantitative estimate of drug-likeness (QED) is 0.642. The minimum atomic E-state index is -0.989.